The fourth-order valence-corrected chi connectivity index (χ4v) is 2.27. The summed E-state index contributed by atoms with van der Waals surface area (Å²) in [7, 11) is 0. The number of nitrogens with zero attached hydrogens (tertiary/aromatic N) is 2. The molecule has 0 aliphatic rings. The number of H-pyrrole nitrogens is 2. The molecule has 0 fully saturated rings. The SMILES string of the molecule is CC(=NNC(=O)c1ccc(NN=C(C)c2ccc[nH]2)cc1)c1ccc[nH]1. The second-order valence-corrected chi connectivity index (χ2v) is 5.69. The van der Waals surface area contributed by atoms with Crippen molar-refractivity contribution < 1.29 is 4.79 Å². The number of hydrogen-bond acceptors (Lipinski definition) is 4. The van der Waals surface area contributed by atoms with E-state index in [1.54, 1.807) is 24.3 Å². The van der Waals surface area contributed by atoms with Crippen molar-refractivity contribution in [1.82, 2.24) is 15.4 Å². The molecule has 0 bridgehead atoms. The second-order valence-electron chi connectivity index (χ2n) is 5.69. The molecule has 0 atom stereocenters. The third kappa shape index (κ3) is 4.27. The lowest BCUT2D eigenvalue weighted by Crippen LogP contribution is -2.19. The maximum Gasteiger partial charge on any atom is 0.271 e. The topological polar surface area (TPSA) is 97.4 Å². The molecule has 26 heavy (non-hydrogen) atoms. The van der Waals surface area contributed by atoms with Crippen LogP contribution in [0.1, 0.15) is 35.6 Å². The van der Waals surface area contributed by atoms with E-state index < -0.39 is 0 Å². The van der Waals surface area contributed by atoms with Crippen molar-refractivity contribution >= 4 is 23.0 Å². The molecule has 1 aromatic carbocycles. The summed E-state index contributed by atoms with van der Waals surface area (Å²) in [6.07, 6.45) is 3.66. The minimum atomic E-state index is -0.270. The van der Waals surface area contributed by atoms with E-state index in [4.69, 9.17) is 0 Å². The number of nitrogens with one attached hydrogen (secondary N) is 4. The quantitative estimate of drug-likeness (QED) is 0.406. The lowest BCUT2D eigenvalue weighted by atomic mass is 10.2. The number of hydrazone groups is 2. The van der Waals surface area contributed by atoms with Gasteiger partial charge in [-0.2, -0.15) is 10.2 Å². The molecule has 0 aliphatic carbocycles. The van der Waals surface area contributed by atoms with E-state index in [0.717, 1.165) is 22.8 Å². The summed E-state index contributed by atoms with van der Waals surface area (Å²) in [6, 6.07) is 14.7. The zero-order valence-corrected chi connectivity index (χ0v) is 14.6. The van der Waals surface area contributed by atoms with Crippen LogP contribution in [-0.4, -0.2) is 27.3 Å². The first-order valence-corrected chi connectivity index (χ1v) is 8.16. The summed E-state index contributed by atoms with van der Waals surface area (Å²) in [5.41, 5.74) is 10.2. The molecule has 2 aromatic heterocycles. The van der Waals surface area contributed by atoms with Gasteiger partial charge in [-0.05, 0) is 62.4 Å². The van der Waals surface area contributed by atoms with Crippen molar-refractivity contribution in [2.75, 3.05) is 5.43 Å². The Hall–Kier alpha value is -3.61. The normalized spacial score (nSPS) is 12.1. The van der Waals surface area contributed by atoms with Crippen LogP contribution >= 0.6 is 0 Å². The van der Waals surface area contributed by atoms with Crippen molar-refractivity contribution in [3.8, 4) is 0 Å². The van der Waals surface area contributed by atoms with Gasteiger partial charge in [0, 0.05) is 18.0 Å². The highest BCUT2D eigenvalue weighted by atomic mass is 16.2. The van der Waals surface area contributed by atoms with Crippen LogP contribution in [0.15, 0.2) is 71.1 Å². The summed E-state index contributed by atoms with van der Waals surface area (Å²) in [6.45, 7) is 3.73. The summed E-state index contributed by atoms with van der Waals surface area (Å²) in [5.74, 6) is -0.270. The molecule has 2 heterocycles. The van der Waals surface area contributed by atoms with Gasteiger partial charge in [0.2, 0.25) is 0 Å². The van der Waals surface area contributed by atoms with Crippen LogP contribution in [0, 0.1) is 0 Å². The number of amides is 1. The van der Waals surface area contributed by atoms with E-state index in [2.05, 4.69) is 31.0 Å². The van der Waals surface area contributed by atoms with Crippen LogP contribution in [-0.2, 0) is 0 Å². The van der Waals surface area contributed by atoms with E-state index in [1.807, 2.05) is 50.5 Å². The summed E-state index contributed by atoms with van der Waals surface area (Å²) >= 11 is 0. The monoisotopic (exact) mass is 348 g/mol. The largest absolute Gasteiger partial charge is 0.360 e. The Labute approximate surface area is 151 Å². The molecule has 0 saturated carbocycles. The minimum Gasteiger partial charge on any atom is -0.360 e. The van der Waals surface area contributed by atoms with Gasteiger partial charge in [-0.3, -0.25) is 10.2 Å². The number of aromatic nitrogens is 2. The van der Waals surface area contributed by atoms with Crippen LogP contribution in [0.5, 0.6) is 0 Å². The van der Waals surface area contributed by atoms with Gasteiger partial charge in [0.25, 0.3) is 5.91 Å². The number of aromatic amines is 2. The van der Waals surface area contributed by atoms with Crippen molar-refractivity contribution in [3.05, 3.63) is 77.9 Å². The maximum absolute atomic E-state index is 12.2. The van der Waals surface area contributed by atoms with E-state index in [-0.39, 0.29) is 5.91 Å². The van der Waals surface area contributed by atoms with Crippen molar-refractivity contribution in [2.24, 2.45) is 10.2 Å². The zero-order valence-electron chi connectivity index (χ0n) is 14.6. The highest BCUT2D eigenvalue weighted by Gasteiger charge is 2.05. The second kappa shape index (κ2) is 7.98. The lowest BCUT2D eigenvalue weighted by Gasteiger charge is -2.05. The minimum absolute atomic E-state index is 0.270. The zero-order chi connectivity index (χ0) is 18.4. The number of anilines is 1. The Morgan fingerprint density at radius 1 is 0.846 bits per heavy atom. The molecular weight excluding hydrogens is 328 g/mol. The molecule has 0 aliphatic heterocycles. The molecule has 3 aromatic rings. The Balaban J connectivity index is 1.59. The van der Waals surface area contributed by atoms with Crippen LogP contribution in [0.2, 0.25) is 0 Å². The molecule has 132 valence electrons. The smallest absolute Gasteiger partial charge is 0.271 e. The highest BCUT2D eigenvalue weighted by Crippen LogP contribution is 2.10. The van der Waals surface area contributed by atoms with Crippen LogP contribution in [0.4, 0.5) is 5.69 Å². The predicted molar refractivity (Wildman–Crippen MR) is 104 cm³/mol. The van der Waals surface area contributed by atoms with E-state index >= 15 is 0 Å². The van der Waals surface area contributed by atoms with Crippen LogP contribution in [0.3, 0.4) is 0 Å². The van der Waals surface area contributed by atoms with E-state index in [0.29, 0.717) is 11.3 Å². The Morgan fingerprint density at radius 3 is 1.96 bits per heavy atom. The molecule has 0 spiro atoms. The summed E-state index contributed by atoms with van der Waals surface area (Å²) < 4.78 is 0. The maximum atomic E-state index is 12.2. The van der Waals surface area contributed by atoms with Gasteiger partial charge in [-0.1, -0.05) is 0 Å². The fraction of sp³-hybridized carbons (Fsp3) is 0.105. The first-order chi connectivity index (χ1) is 12.6. The molecule has 4 N–H and O–H groups in total. The van der Waals surface area contributed by atoms with Crippen molar-refractivity contribution in [2.45, 2.75) is 13.8 Å². The Bertz CT molecular complexity index is 906. The number of benzene rings is 1. The van der Waals surface area contributed by atoms with Crippen LogP contribution in [0.25, 0.3) is 0 Å². The molecule has 3 rings (SSSR count). The van der Waals surface area contributed by atoms with Crippen molar-refractivity contribution in [1.29, 1.82) is 0 Å². The van der Waals surface area contributed by atoms with E-state index in [1.165, 1.54) is 0 Å². The molecule has 7 nitrogen and oxygen atoms in total. The average Bonchev–Trinajstić information content (AvgIpc) is 3.38. The van der Waals surface area contributed by atoms with Gasteiger partial charge in [0.15, 0.2) is 0 Å². The third-order valence-electron chi connectivity index (χ3n) is 3.80. The summed E-state index contributed by atoms with van der Waals surface area (Å²) in [4.78, 5) is 18.3. The third-order valence-corrected chi connectivity index (χ3v) is 3.80. The number of carbonyl (C=O) groups is 1. The molecule has 1 amide bonds. The molecule has 0 radical (unpaired) electrons. The van der Waals surface area contributed by atoms with Crippen LogP contribution < -0.4 is 10.9 Å². The molecule has 0 unspecified atom stereocenters. The first kappa shape index (κ1) is 17.2. The van der Waals surface area contributed by atoms with Gasteiger partial charge >= 0.3 is 0 Å². The van der Waals surface area contributed by atoms with E-state index in [9.17, 15) is 4.79 Å². The summed E-state index contributed by atoms with van der Waals surface area (Å²) in [5, 5.41) is 8.41. The highest BCUT2D eigenvalue weighted by molar-refractivity contribution is 6.00. The number of hydrogen-bond donors (Lipinski definition) is 4. The number of carbonyl (C=O) groups excluding carboxylic acids is 1. The molecular formula is C19H20N6O. The first-order valence-electron chi connectivity index (χ1n) is 8.16. The number of rotatable bonds is 6. The molecule has 0 saturated heterocycles. The predicted octanol–water partition coefficient (Wildman–Crippen LogP) is 3.33. The van der Waals surface area contributed by atoms with Gasteiger partial charge < -0.3 is 9.97 Å². The lowest BCUT2D eigenvalue weighted by molar-refractivity contribution is 0.0955. The standard InChI is InChI=1S/C19H20N6O/c1-13(17-5-3-11-20-17)22-24-16-9-7-15(8-10-16)19(26)25-23-14(2)18-6-4-12-21-18/h3-12,20-21,24H,1-2H3,(H,25,26). The van der Waals surface area contributed by atoms with Gasteiger partial charge in [-0.25, -0.2) is 5.43 Å². The van der Waals surface area contributed by atoms with Gasteiger partial charge in [0.05, 0.1) is 28.5 Å². The fourth-order valence-electron chi connectivity index (χ4n) is 2.27. The van der Waals surface area contributed by atoms with Gasteiger partial charge in [-0.15, -0.1) is 0 Å². The Morgan fingerprint density at radius 2 is 1.42 bits per heavy atom. The Kier molecular flexibility index (Phi) is 5.28. The average molecular weight is 348 g/mol. The molecule has 7 heteroatoms. The van der Waals surface area contributed by atoms with Gasteiger partial charge in [0.1, 0.15) is 0 Å². The van der Waals surface area contributed by atoms with Crippen molar-refractivity contribution in [3.63, 3.8) is 0 Å².